The lowest BCUT2D eigenvalue weighted by Gasteiger charge is -2.36. The van der Waals surface area contributed by atoms with E-state index in [-0.39, 0.29) is 5.41 Å². The molecule has 4 nitrogen and oxygen atoms in total. The van der Waals surface area contributed by atoms with Crippen LogP contribution >= 0.6 is 0 Å². The first kappa shape index (κ1) is 20.9. The van der Waals surface area contributed by atoms with Crippen LogP contribution in [0.15, 0.2) is 47.4 Å². The minimum Gasteiger partial charge on any atom is -0.369 e. The molecule has 5 heteroatoms. The fraction of sp³-hybridized carbons (Fsp3) is 0.478. The number of hydrogen-bond acceptors (Lipinski definition) is 3. The molecule has 0 N–H and O–H groups in total. The van der Waals surface area contributed by atoms with E-state index in [0.717, 1.165) is 6.42 Å². The number of benzene rings is 2. The molecule has 152 valence electrons. The maximum atomic E-state index is 13.1. The van der Waals surface area contributed by atoms with E-state index in [0.29, 0.717) is 31.1 Å². The largest absolute Gasteiger partial charge is 0.369 e. The average molecular weight is 401 g/mol. The van der Waals surface area contributed by atoms with Gasteiger partial charge in [0, 0.05) is 31.9 Å². The van der Waals surface area contributed by atoms with E-state index in [2.05, 4.69) is 57.7 Å². The molecular weight excluding hydrogens is 368 g/mol. The molecule has 0 atom stereocenters. The maximum Gasteiger partial charge on any atom is 0.243 e. The number of sulfonamides is 1. The monoisotopic (exact) mass is 400 g/mol. The third-order valence-electron chi connectivity index (χ3n) is 6.10. The highest BCUT2D eigenvalue weighted by molar-refractivity contribution is 7.89. The lowest BCUT2D eigenvalue weighted by atomic mass is 9.82. The maximum absolute atomic E-state index is 13.1. The summed E-state index contributed by atoms with van der Waals surface area (Å²) < 4.78 is 27.8. The molecule has 0 unspecified atom stereocenters. The Kier molecular flexibility index (Phi) is 5.87. The van der Waals surface area contributed by atoms with Gasteiger partial charge < -0.3 is 4.90 Å². The number of rotatable bonds is 5. The average Bonchev–Trinajstić information content (AvgIpc) is 2.70. The summed E-state index contributed by atoms with van der Waals surface area (Å²) in [5, 5.41) is 0. The highest BCUT2D eigenvalue weighted by Gasteiger charge is 2.29. The fourth-order valence-electron chi connectivity index (χ4n) is 3.66. The molecule has 0 spiro atoms. The summed E-state index contributed by atoms with van der Waals surface area (Å²) in [7, 11) is -3.45. The van der Waals surface area contributed by atoms with Crippen LogP contribution in [-0.2, 0) is 15.4 Å². The van der Waals surface area contributed by atoms with Gasteiger partial charge in [0.1, 0.15) is 0 Å². The summed E-state index contributed by atoms with van der Waals surface area (Å²) in [4.78, 5) is 2.68. The highest BCUT2D eigenvalue weighted by atomic mass is 32.2. The number of nitrogens with zero attached hydrogens (tertiary/aromatic N) is 2. The van der Waals surface area contributed by atoms with Crippen LogP contribution < -0.4 is 4.90 Å². The van der Waals surface area contributed by atoms with Crippen LogP contribution in [0.4, 0.5) is 5.69 Å². The topological polar surface area (TPSA) is 40.6 Å². The zero-order chi connectivity index (χ0) is 20.5. The van der Waals surface area contributed by atoms with Crippen LogP contribution in [0.2, 0.25) is 0 Å². The smallest absolute Gasteiger partial charge is 0.243 e. The molecule has 1 aliphatic rings. The molecule has 2 aromatic rings. The Balaban J connectivity index is 1.73. The molecule has 1 fully saturated rings. The molecule has 0 aromatic heterocycles. The lowest BCUT2D eigenvalue weighted by molar-refractivity contribution is 0.384. The first-order chi connectivity index (χ1) is 13.1. The summed E-state index contributed by atoms with van der Waals surface area (Å²) in [5.41, 5.74) is 4.90. The van der Waals surface area contributed by atoms with Crippen molar-refractivity contribution in [3.63, 3.8) is 0 Å². The van der Waals surface area contributed by atoms with E-state index in [9.17, 15) is 8.42 Å². The van der Waals surface area contributed by atoms with Gasteiger partial charge >= 0.3 is 0 Å². The predicted molar refractivity (Wildman–Crippen MR) is 117 cm³/mol. The summed E-state index contributed by atoms with van der Waals surface area (Å²) in [6.45, 7) is 13.2. The van der Waals surface area contributed by atoms with Crippen LogP contribution in [0, 0.1) is 13.8 Å². The molecule has 0 bridgehead atoms. The van der Waals surface area contributed by atoms with E-state index in [4.69, 9.17) is 0 Å². The molecule has 1 saturated heterocycles. The van der Waals surface area contributed by atoms with Gasteiger partial charge in [0.25, 0.3) is 0 Å². The Morgan fingerprint density at radius 2 is 1.54 bits per heavy atom. The molecule has 2 aromatic carbocycles. The van der Waals surface area contributed by atoms with Gasteiger partial charge in [-0.15, -0.1) is 0 Å². The van der Waals surface area contributed by atoms with Crippen LogP contribution in [-0.4, -0.2) is 38.9 Å². The van der Waals surface area contributed by atoms with Gasteiger partial charge in [0.15, 0.2) is 0 Å². The van der Waals surface area contributed by atoms with Crippen molar-refractivity contribution >= 4 is 15.7 Å². The molecule has 0 radical (unpaired) electrons. The minimum atomic E-state index is -3.45. The Hall–Kier alpha value is -1.85. The Labute approximate surface area is 170 Å². The van der Waals surface area contributed by atoms with Crippen molar-refractivity contribution in [3.8, 4) is 0 Å². The second kappa shape index (κ2) is 7.88. The molecule has 3 rings (SSSR count). The first-order valence-corrected chi connectivity index (χ1v) is 11.5. The van der Waals surface area contributed by atoms with Crippen LogP contribution in [0.5, 0.6) is 0 Å². The SMILES string of the molecule is CCC(C)(C)c1ccc(S(=O)(=O)N2CCN(c3cc(C)ccc3C)CC2)cc1. The quantitative estimate of drug-likeness (QED) is 0.742. The van der Waals surface area contributed by atoms with Crippen molar-refractivity contribution in [1.29, 1.82) is 0 Å². The van der Waals surface area contributed by atoms with Crippen molar-refractivity contribution in [1.82, 2.24) is 4.31 Å². The number of anilines is 1. The molecular formula is C23H32N2O2S. The van der Waals surface area contributed by atoms with Gasteiger partial charge in [0.05, 0.1) is 4.90 Å². The van der Waals surface area contributed by atoms with E-state index < -0.39 is 10.0 Å². The van der Waals surface area contributed by atoms with Crippen molar-refractivity contribution in [2.45, 2.75) is 51.3 Å². The number of piperazine rings is 1. The zero-order valence-electron chi connectivity index (χ0n) is 17.7. The highest BCUT2D eigenvalue weighted by Crippen LogP contribution is 2.29. The van der Waals surface area contributed by atoms with Crippen LogP contribution in [0.25, 0.3) is 0 Å². The van der Waals surface area contributed by atoms with Crippen molar-refractivity contribution in [3.05, 3.63) is 59.2 Å². The number of hydrogen-bond donors (Lipinski definition) is 0. The van der Waals surface area contributed by atoms with E-state index in [1.165, 1.54) is 22.4 Å². The fourth-order valence-corrected chi connectivity index (χ4v) is 5.08. The predicted octanol–water partition coefficient (Wildman–Crippen LogP) is 4.50. The summed E-state index contributed by atoms with van der Waals surface area (Å²) in [5.74, 6) is 0. The molecule has 28 heavy (non-hydrogen) atoms. The Morgan fingerprint density at radius 3 is 2.11 bits per heavy atom. The zero-order valence-corrected chi connectivity index (χ0v) is 18.5. The second-order valence-electron chi connectivity index (χ2n) is 8.44. The summed E-state index contributed by atoms with van der Waals surface area (Å²) in [6, 6.07) is 13.9. The van der Waals surface area contributed by atoms with Crippen molar-refractivity contribution < 1.29 is 8.42 Å². The third-order valence-corrected chi connectivity index (χ3v) is 8.01. The van der Waals surface area contributed by atoms with E-state index in [1.807, 2.05) is 12.1 Å². The second-order valence-corrected chi connectivity index (χ2v) is 10.4. The number of aryl methyl sites for hydroxylation is 2. The summed E-state index contributed by atoms with van der Waals surface area (Å²) in [6.07, 6.45) is 1.01. The molecule has 0 aliphatic carbocycles. The van der Waals surface area contributed by atoms with E-state index in [1.54, 1.807) is 16.4 Å². The van der Waals surface area contributed by atoms with Gasteiger partial charge in [-0.05, 0) is 60.6 Å². The van der Waals surface area contributed by atoms with E-state index >= 15 is 0 Å². The van der Waals surface area contributed by atoms with Gasteiger partial charge in [0.2, 0.25) is 10.0 Å². The standard InChI is InChI=1S/C23H32N2O2S/c1-6-23(4,5)20-9-11-21(12-10-20)28(26,27)25-15-13-24(14-16-25)22-17-18(2)7-8-19(22)3/h7-12,17H,6,13-16H2,1-5H3. The van der Waals surface area contributed by atoms with Gasteiger partial charge in [-0.2, -0.15) is 4.31 Å². The minimum absolute atomic E-state index is 0.0552. The van der Waals surface area contributed by atoms with Gasteiger partial charge in [-0.1, -0.05) is 45.0 Å². The molecule has 1 heterocycles. The summed E-state index contributed by atoms with van der Waals surface area (Å²) >= 11 is 0. The van der Waals surface area contributed by atoms with Crippen LogP contribution in [0.3, 0.4) is 0 Å². The van der Waals surface area contributed by atoms with Crippen molar-refractivity contribution in [2.24, 2.45) is 0 Å². The first-order valence-electron chi connectivity index (χ1n) is 10.1. The molecule has 1 aliphatic heterocycles. The van der Waals surface area contributed by atoms with Gasteiger partial charge in [-0.3, -0.25) is 0 Å². The normalized spacial score (nSPS) is 16.4. The molecule has 0 saturated carbocycles. The van der Waals surface area contributed by atoms with Crippen LogP contribution in [0.1, 0.15) is 43.9 Å². The Morgan fingerprint density at radius 1 is 0.929 bits per heavy atom. The third kappa shape index (κ3) is 4.11. The van der Waals surface area contributed by atoms with Gasteiger partial charge in [-0.25, -0.2) is 8.42 Å². The Bertz CT molecular complexity index is 926. The molecule has 0 amide bonds. The van der Waals surface area contributed by atoms with Crippen molar-refractivity contribution in [2.75, 3.05) is 31.1 Å². The lowest BCUT2D eigenvalue weighted by Crippen LogP contribution is -2.48.